The van der Waals surface area contributed by atoms with E-state index in [1.165, 1.54) is 24.2 Å². The van der Waals surface area contributed by atoms with Crippen LogP contribution < -0.4 is 5.32 Å². The summed E-state index contributed by atoms with van der Waals surface area (Å²) >= 11 is 1.93. The smallest absolute Gasteiger partial charge is 0.00420 e. The fraction of sp³-hybridized carbons (Fsp3) is 0.600. The molecule has 0 aliphatic heterocycles. The van der Waals surface area contributed by atoms with Crippen molar-refractivity contribution in [2.75, 3.05) is 18.6 Å². The maximum absolute atomic E-state index is 3.62. The van der Waals surface area contributed by atoms with E-state index in [1.54, 1.807) is 0 Å². The van der Waals surface area contributed by atoms with E-state index < -0.39 is 0 Å². The number of nitrogens with one attached hydrogen (secondary N) is 1. The first kappa shape index (κ1) is 14.6. The van der Waals surface area contributed by atoms with Crippen molar-refractivity contribution in [3.63, 3.8) is 0 Å². The minimum absolute atomic E-state index is 0.611. The highest BCUT2D eigenvalue weighted by atomic mass is 32.2. The summed E-state index contributed by atoms with van der Waals surface area (Å²) in [6, 6.07) is 11.4. The predicted molar refractivity (Wildman–Crippen MR) is 79.8 cm³/mol. The van der Waals surface area contributed by atoms with E-state index in [-0.39, 0.29) is 0 Å². The molecule has 0 spiro atoms. The third-order valence-electron chi connectivity index (χ3n) is 2.97. The predicted octanol–water partition coefficient (Wildman–Crippen LogP) is 3.60. The summed E-state index contributed by atoms with van der Waals surface area (Å²) in [5.41, 5.74) is 1.44. The molecule has 0 amide bonds. The van der Waals surface area contributed by atoms with Gasteiger partial charge in [0.25, 0.3) is 0 Å². The number of hydrogen-bond donors (Lipinski definition) is 1. The molecule has 1 nitrogen and oxygen atoms in total. The molecule has 1 rings (SSSR count). The molecular formula is C15H25NS. The van der Waals surface area contributed by atoms with Crippen LogP contribution in [0.15, 0.2) is 30.3 Å². The maximum Gasteiger partial charge on any atom is 0.00420 e. The standard InChI is InChI=1S/C15H25NS/c1-13(12-17-3)11-16-14(2)9-10-15-7-5-4-6-8-15/h4-8,13-14,16H,9-12H2,1-3H3. The molecule has 0 saturated heterocycles. The van der Waals surface area contributed by atoms with Crippen molar-refractivity contribution in [2.45, 2.75) is 32.7 Å². The van der Waals surface area contributed by atoms with Crippen molar-refractivity contribution in [1.82, 2.24) is 5.32 Å². The SMILES string of the molecule is CSCC(C)CNC(C)CCc1ccccc1. The number of aryl methyl sites for hydroxylation is 1. The van der Waals surface area contributed by atoms with Crippen LogP contribution in [0.2, 0.25) is 0 Å². The van der Waals surface area contributed by atoms with Gasteiger partial charge in [0.1, 0.15) is 0 Å². The molecule has 0 heterocycles. The lowest BCUT2D eigenvalue weighted by Gasteiger charge is -2.17. The second-order valence-corrected chi connectivity index (χ2v) is 5.80. The van der Waals surface area contributed by atoms with Crippen LogP contribution in [0.3, 0.4) is 0 Å². The van der Waals surface area contributed by atoms with Gasteiger partial charge < -0.3 is 5.32 Å². The monoisotopic (exact) mass is 251 g/mol. The zero-order chi connectivity index (χ0) is 12.5. The highest BCUT2D eigenvalue weighted by molar-refractivity contribution is 7.98. The Bertz CT molecular complexity index is 286. The summed E-state index contributed by atoms with van der Waals surface area (Å²) < 4.78 is 0. The Hall–Kier alpha value is -0.470. The van der Waals surface area contributed by atoms with E-state index in [4.69, 9.17) is 0 Å². The van der Waals surface area contributed by atoms with E-state index in [1.807, 2.05) is 11.8 Å². The van der Waals surface area contributed by atoms with Crippen LogP contribution in [-0.2, 0) is 6.42 Å². The minimum Gasteiger partial charge on any atom is -0.314 e. The summed E-state index contributed by atoms with van der Waals surface area (Å²) in [6.45, 7) is 5.74. The quantitative estimate of drug-likeness (QED) is 0.757. The molecule has 0 aliphatic rings. The summed E-state index contributed by atoms with van der Waals surface area (Å²) in [5.74, 6) is 2.02. The van der Waals surface area contributed by atoms with Gasteiger partial charge in [0, 0.05) is 6.04 Å². The Labute approximate surface area is 110 Å². The average molecular weight is 251 g/mol. The van der Waals surface area contributed by atoms with Crippen LogP contribution in [-0.4, -0.2) is 24.6 Å². The summed E-state index contributed by atoms with van der Waals surface area (Å²) in [4.78, 5) is 0. The first-order valence-corrected chi connectivity index (χ1v) is 7.88. The highest BCUT2D eigenvalue weighted by Gasteiger charge is 2.05. The molecule has 0 fully saturated rings. The summed E-state index contributed by atoms with van der Waals surface area (Å²) in [5, 5.41) is 3.62. The van der Waals surface area contributed by atoms with Crippen LogP contribution in [0.25, 0.3) is 0 Å². The van der Waals surface area contributed by atoms with E-state index in [9.17, 15) is 0 Å². The Morgan fingerprint density at radius 2 is 1.88 bits per heavy atom. The van der Waals surface area contributed by atoms with Crippen LogP contribution in [0.5, 0.6) is 0 Å². The fourth-order valence-electron chi connectivity index (χ4n) is 1.88. The fourth-order valence-corrected chi connectivity index (χ4v) is 2.56. The van der Waals surface area contributed by atoms with Crippen molar-refractivity contribution in [2.24, 2.45) is 5.92 Å². The van der Waals surface area contributed by atoms with Gasteiger partial charge in [-0.15, -0.1) is 0 Å². The molecule has 2 heteroatoms. The van der Waals surface area contributed by atoms with Gasteiger partial charge in [-0.1, -0.05) is 37.3 Å². The van der Waals surface area contributed by atoms with Crippen molar-refractivity contribution in [1.29, 1.82) is 0 Å². The van der Waals surface area contributed by atoms with Crippen LogP contribution in [0, 0.1) is 5.92 Å². The molecule has 2 unspecified atom stereocenters. The lowest BCUT2D eigenvalue weighted by Crippen LogP contribution is -2.31. The van der Waals surface area contributed by atoms with E-state index in [2.05, 4.69) is 55.8 Å². The molecule has 96 valence electrons. The van der Waals surface area contributed by atoms with Crippen LogP contribution in [0.4, 0.5) is 0 Å². The second kappa shape index (κ2) is 8.60. The lowest BCUT2D eigenvalue weighted by atomic mass is 10.1. The average Bonchev–Trinajstić information content (AvgIpc) is 2.35. The van der Waals surface area contributed by atoms with E-state index >= 15 is 0 Å². The van der Waals surface area contributed by atoms with Crippen LogP contribution in [0.1, 0.15) is 25.8 Å². The number of benzene rings is 1. The molecule has 1 aromatic rings. The third-order valence-corrected chi connectivity index (χ3v) is 3.88. The molecule has 0 radical (unpaired) electrons. The number of hydrogen-bond acceptors (Lipinski definition) is 2. The maximum atomic E-state index is 3.62. The van der Waals surface area contributed by atoms with Crippen molar-refractivity contribution in [3.05, 3.63) is 35.9 Å². The van der Waals surface area contributed by atoms with Crippen molar-refractivity contribution in [3.8, 4) is 0 Å². The number of rotatable bonds is 8. The Morgan fingerprint density at radius 1 is 1.18 bits per heavy atom. The topological polar surface area (TPSA) is 12.0 Å². The second-order valence-electron chi connectivity index (χ2n) is 4.89. The van der Waals surface area contributed by atoms with Gasteiger partial charge in [-0.05, 0) is 49.8 Å². The largest absolute Gasteiger partial charge is 0.314 e. The third kappa shape index (κ3) is 6.75. The van der Waals surface area contributed by atoms with Gasteiger partial charge in [-0.3, -0.25) is 0 Å². The molecule has 17 heavy (non-hydrogen) atoms. The zero-order valence-electron chi connectivity index (χ0n) is 11.3. The molecule has 1 aromatic carbocycles. The zero-order valence-corrected chi connectivity index (χ0v) is 12.1. The highest BCUT2D eigenvalue weighted by Crippen LogP contribution is 2.06. The molecule has 0 aromatic heterocycles. The first-order valence-electron chi connectivity index (χ1n) is 6.48. The van der Waals surface area contributed by atoms with E-state index in [0.717, 1.165) is 12.5 Å². The van der Waals surface area contributed by atoms with Gasteiger partial charge >= 0.3 is 0 Å². The summed E-state index contributed by atoms with van der Waals surface area (Å²) in [6.07, 6.45) is 4.57. The normalized spacial score (nSPS) is 14.5. The molecule has 0 saturated carbocycles. The minimum atomic E-state index is 0.611. The van der Waals surface area contributed by atoms with Crippen molar-refractivity contribution < 1.29 is 0 Å². The lowest BCUT2D eigenvalue weighted by molar-refractivity contribution is 0.467. The summed E-state index contributed by atoms with van der Waals surface area (Å²) in [7, 11) is 0. The van der Waals surface area contributed by atoms with Gasteiger partial charge in [0.05, 0.1) is 0 Å². The van der Waals surface area contributed by atoms with E-state index in [0.29, 0.717) is 6.04 Å². The molecule has 0 aliphatic carbocycles. The van der Waals surface area contributed by atoms with Crippen LogP contribution >= 0.6 is 11.8 Å². The first-order chi connectivity index (χ1) is 8.22. The molecule has 2 atom stereocenters. The van der Waals surface area contributed by atoms with Gasteiger partial charge in [-0.25, -0.2) is 0 Å². The molecule has 0 bridgehead atoms. The molecule has 1 N–H and O–H groups in total. The number of thioether (sulfide) groups is 1. The Kier molecular flexibility index (Phi) is 7.38. The Morgan fingerprint density at radius 3 is 2.53 bits per heavy atom. The van der Waals surface area contributed by atoms with Gasteiger partial charge in [-0.2, -0.15) is 11.8 Å². The van der Waals surface area contributed by atoms with Crippen molar-refractivity contribution >= 4 is 11.8 Å². The van der Waals surface area contributed by atoms with Gasteiger partial charge in [0.2, 0.25) is 0 Å². The molecular weight excluding hydrogens is 226 g/mol. The Balaban J connectivity index is 2.15. The van der Waals surface area contributed by atoms with Gasteiger partial charge in [0.15, 0.2) is 0 Å².